The fourth-order valence-corrected chi connectivity index (χ4v) is 4.01. The van der Waals surface area contributed by atoms with Crippen molar-refractivity contribution in [3.8, 4) is 0 Å². The molecular formula is C14H25N3O. The van der Waals surface area contributed by atoms with E-state index >= 15 is 0 Å². The van der Waals surface area contributed by atoms with Crippen LogP contribution in [0.3, 0.4) is 0 Å². The van der Waals surface area contributed by atoms with Gasteiger partial charge in [-0.15, -0.1) is 0 Å². The number of amides is 1. The van der Waals surface area contributed by atoms with Gasteiger partial charge in [-0.3, -0.25) is 4.79 Å². The molecule has 18 heavy (non-hydrogen) atoms. The highest BCUT2D eigenvalue weighted by Gasteiger charge is 2.44. The van der Waals surface area contributed by atoms with Gasteiger partial charge in [0.1, 0.15) is 0 Å². The number of rotatable bonds is 1. The highest BCUT2D eigenvalue weighted by molar-refractivity contribution is 5.80. The van der Waals surface area contributed by atoms with Crippen LogP contribution in [0.5, 0.6) is 0 Å². The zero-order valence-corrected chi connectivity index (χ0v) is 11.6. The maximum Gasteiger partial charge on any atom is 0.227 e. The molecule has 102 valence electrons. The Morgan fingerprint density at radius 1 is 1.28 bits per heavy atom. The van der Waals surface area contributed by atoms with Crippen LogP contribution in [0.15, 0.2) is 0 Å². The fourth-order valence-electron chi connectivity index (χ4n) is 4.01. The lowest BCUT2D eigenvalue weighted by Crippen LogP contribution is -2.47. The lowest BCUT2D eigenvalue weighted by atomic mass is 9.88. The minimum Gasteiger partial charge on any atom is -0.338 e. The summed E-state index contributed by atoms with van der Waals surface area (Å²) in [5, 5.41) is 3.58. The molecule has 0 radical (unpaired) electrons. The van der Waals surface area contributed by atoms with Gasteiger partial charge in [-0.25, -0.2) is 0 Å². The molecule has 1 N–H and O–H groups in total. The van der Waals surface area contributed by atoms with Crippen LogP contribution in [0.25, 0.3) is 0 Å². The maximum absolute atomic E-state index is 12.7. The third-order valence-corrected chi connectivity index (χ3v) is 4.95. The van der Waals surface area contributed by atoms with Gasteiger partial charge in [-0.1, -0.05) is 0 Å². The monoisotopic (exact) mass is 251 g/mol. The van der Waals surface area contributed by atoms with Crippen LogP contribution in [0.1, 0.15) is 32.6 Å². The van der Waals surface area contributed by atoms with E-state index in [1.54, 1.807) is 0 Å². The zero-order valence-electron chi connectivity index (χ0n) is 11.6. The van der Waals surface area contributed by atoms with Gasteiger partial charge in [0, 0.05) is 31.2 Å². The number of nitrogens with one attached hydrogen (secondary N) is 1. The molecule has 0 aromatic carbocycles. The number of nitrogens with zero attached hydrogens (tertiary/aromatic N) is 2. The third kappa shape index (κ3) is 2.16. The molecule has 3 aliphatic heterocycles. The maximum atomic E-state index is 12.7. The van der Waals surface area contributed by atoms with E-state index in [-0.39, 0.29) is 5.92 Å². The second-order valence-corrected chi connectivity index (χ2v) is 6.39. The highest BCUT2D eigenvalue weighted by atomic mass is 16.2. The number of fused-ring (bicyclic) bond motifs is 2. The first-order chi connectivity index (χ1) is 8.65. The van der Waals surface area contributed by atoms with Gasteiger partial charge in [0.2, 0.25) is 5.91 Å². The summed E-state index contributed by atoms with van der Waals surface area (Å²) < 4.78 is 0. The standard InChI is InChI=1S/C14H25N3O/c1-10-9-16(2)6-3-7-17(10)14(18)12-8-11-4-5-13(12)15-11/h10-13,15H,3-9H2,1-2H3. The molecule has 4 nitrogen and oxygen atoms in total. The van der Waals surface area contributed by atoms with Gasteiger partial charge >= 0.3 is 0 Å². The summed E-state index contributed by atoms with van der Waals surface area (Å²) >= 11 is 0. The SMILES string of the molecule is CC1CN(C)CCCN1C(=O)C1CC2CCC1N2. The molecule has 3 saturated heterocycles. The van der Waals surface area contributed by atoms with Gasteiger partial charge in [0.15, 0.2) is 0 Å². The molecule has 1 amide bonds. The summed E-state index contributed by atoms with van der Waals surface area (Å²) in [6.07, 6.45) is 4.65. The van der Waals surface area contributed by atoms with Crippen molar-refractivity contribution in [3.63, 3.8) is 0 Å². The van der Waals surface area contributed by atoms with Crippen molar-refractivity contribution >= 4 is 5.91 Å². The molecule has 4 heteroatoms. The molecule has 0 aromatic heterocycles. The second-order valence-electron chi connectivity index (χ2n) is 6.39. The Hall–Kier alpha value is -0.610. The largest absolute Gasteiger partial charge is 0.338 e. The molecule has 0 aliphatic carbocycles. The van der Waals surface area contributed by atoms with Crippen molar-refractivity contribution in [2.75, 3.05) is 26.7 Å². The minimum absolute atomic E-state index is 0.259. The van der Waals surface area contributed by atoms with E-state index in [0.29, 0.717) is 24.0 Å². The highest BCUT2D eigenvalue weighted by Crippen LogP contribution is 2.34. The van der Waals surface area contributed by atoms with E-state index in [1.807, 2.05) is 0 Å². The Morgan fingerprint density at radius 3 is 2.78 bits per heavy atom. The molecule has 3 rings (SSSR count). The predicted molar refractivity (Wildman–Crippen MR) is 71.3 cm³/mol. The first-order valence-corrected chi connectivity index (χ1v) is 7.40. The van der Waals surface area contributed by atoms with Gasteiger partial charge < -0.3 is 15.1 Å². The Morgan fingerprint density at radius 2 is 2.11 bits per heavy atom. The number of hydrogen-bond donors (Lipinski definition) is 1. The van der Waals surface area contributed by atoms with E-state index in [1.165, 1.54) is 12.8 Å². The number of carbonyl (C=O) groups excluding carboxylic acids is 1. The van der Waals surface area contributed by atoms with Crippen LogP contribution in [-0.4, -0.2) is 60.5 Å². The Balaban J connectivity index is 1.68. The van der Waals surface area contributed by atoms with E-state index in [4.69, 9.17) is 0 Å². The van der Waals surface area contributed by atoms with Crippen molar-refractivity contribution in [2.24, 2.45) is 5.92 Å². The Kier molecular flexibility index (Phi) is 3.32. The van der Waals surface area contributed by atoms with Gasteiger partial charge in [-0.2, -0.15) is 0 Å². The average molecular weight is 251 g/mol. The lowest BCUT2D eigenvalue weighted by molar-refractivity contribution is -0.138. The summed E-state index contributed by atoms with van der Waals surface area (Å²) in [6, 6.07) is 1.45. The van der Waals surface area contributed by atoms with E-state index < -0.39 is 0 Å². The number of hydrogen-bond acceptors (Lipinski definition) is 3. The molecule has 3 heterocycles. The van der Waals surface area contributed by atoms with Crippen LogP contribution >= 0.6 is 0 Å². The van der Waals surface area contributed by atoms with Crippen LogP contribution in [0.4, 0.5) is 0 Å². The average Bonchev–Trinajstić information content (AvgIpc) is 2.91. The lowest BCUT2D eigenvalue weighted by Gasteiger charge is -2.32. The molecule has 0 aromatic rings. The smallest absolute Gasteiger partial charge is 0.227 e. The molecule has 2 bridgehead atoms. The van der Waals surface area contributed by atoms with Gasteiger partial charge in [-0.05, 0) is 46.2 Å². The van der Waals surface area contributed by atoms with Gasteiger partial charge in [0.25, 0.3) is 0 Å². The topological polar surface area (TPSA) is 35.6 Å². The number of carbonyl (C=O) groups is 1. The Labute approximate surface area is 110 Å². The van der Waals surface area contributed by atoms with Crippen LogP contribution in [0.2, 0.25) is 0 Å². The van der Waals surface area contributed by atoms with E-state index in [2.05, 4.69) is 29.1 Å². The number of likely N-dealkylation sites (N-methyl/N-ethyl adjacent to an activating group) is 1. The normalized spacial score (nSPS) is 41.1. The summed E-state index contributed by atoms with van der Waals surface area (Å²) in [6.45, 7) is 5.27. The molecule has 4 unspecified atom stereocenters. The second kappa shape index (κ2) is 4.82. The summed E-state index contributed by atoms with van der Waals surface area (Å²) in [5.41, 5.74) is 0. The molecule has 0 spiro atoms. The fraction of sp³-hybridized carbons (Fsp3) is 0.929. The summed E-state index contributed by atoms with van der Waals surface area (Å²) in [4.78, 5) is 17.2. The minimum atomic E-state index is 0.259. The van der Waals surface area contributed by atoms with Crippen LogP contribution < -0.4 is 5.32 Å². The van der Waals surface area contributed by atoms with Crippen LogP contribution in [0, 0.1) is 5.92 Å². The molecule has 4 atom stereocenters. The van der Waals surface area contributed by atoms with E-state index in [0.717, 1.165) is 32.5 Å². The molecule has 3 aliphatic rings. The van der Waals surface area contributed by atoms with Crippen LogP contribution in [-0.2, 0) is 4.79 Å². The zero-order chi connectivity index (χ0) is 12.7. The first-order valence-electron chi connectivity index (χ1n) is 7.40. The Bertz CT molecular complexity index is 333. The quantitative estimate of drug-likeness (QED) is 0.744. The van der Waals surface area contributed by atoms with Crippen molar-refractivity contribution in [1.82, 2.24) is 15.1 Å². The molecule has 0 saturated carbocycles. The van der Waals surface area contributed by atoms with Crippen molar-refractivity contribution < 1.29 is 4.79 Å². The molecule has 3 fully saturated rings. The predicted octanol–water partition coefficient (Wildman–Crippen LogP) is 0.680. The van der Waals surface area contributed by atoms with Crippen molar-refractivity contribution in [2.45, 2.75) is 50.7 Å². The van der Waals surface area contributed by atoms with Crippen molar-refractivity contribution in [1.29, 1.82) is 0 Å². The third-order valence-electron chi connectivity index (χ3n) is 4.95. The van der Waals surface area contributed by atoms with Gasteiger partial charge in [0.05, 0.1) is 5.92 Å². The summed E-state index contributed by atoms with van der Waals surface area (Å²) in [7, 11) is 2.16. The first kappa shape index (κ1) is 12.4. The molecular weight excluding hydrogens is 226 g/mol. The summed E-state index contributed by atoms with van der Waals surface area (Å²) in [5.74, 6) is 0.673. The van der Waals surface area contributed by atoms with E-state index in [9.17, 15) is 4.79 Å². The van der Waals surface area contributed by atoms with Crippen molar-refractivity contribution in [3.05, 3.63) is 0 Å².